The second-order valence-electron chi connectivity index (χ2n) is 3.76. The molecule has 0 N–H and O–H groups in total. The van der Waals surface area contributed by atoms with Gasteiger partial charge in [-0.25, -0.2) is 0 Å². The first kappa shape index (κ1) is 16.3. The second-order valence-corrected chi connectivity index (χ2v) is 4.14. The molecule has 0 heterocycles. The maximum absolute atomic E-state index is 5.61. The quantitative estimate of drug-likeness (QED) is 0.481. The Balaban J connectivity index is 0.00000121. The van der Waals surface area contributed by atoms with Gasteiger partial charge in [-0.05, 0) is 31.9 Å². The maximum atomic E-state index is 5.61. The minimum absolute atomic E-state index is 0.777. The Bertz CT molecular complexity index is 256. The van der Waals surface area contributed by atoms with Crippen molar-refractivity contribution in [3.63, 3.8) is 0 Å². The summed E-state index contributed by atoms with van der Waals surface area (Å²) in [4.78, 5) is 0. The lowest BCUT2D eigenvalue weighted by molar-refractivity contribution is 0.305. The van der Waals surface area contributed by atoms with E-state index < -0.39 is 0 Å². The molecule has 0 atom stereocenters. The van der Waals surface area contributed by atoms with E-state index in [0.717, 1.165) is 31.1 Å². The molecule has 0 bridgehead atoms. The van der Waals surface area contributed by atoms with Crippen molar-refractivity contribution < 1.29 is 4.74 Å². The van der Waals surface area contributed by atoms with Gasteiger partial charge in [0.05, 0.1) is 6.61 Å². The minimum atomic E-state index is 0.777. The molecule has 0 saturated heterocycles. The van der Waals surface area contributed by atoms with Gasteiger partial charge in [-0.1, -0.05) is 44.4 Å². The molecule has 0 aliphatic heterocycles. The predicted molar refractivity (Wildman–Crippen MR) is 77.2 cm³/mol. The van der Waals surface area contributed by atoms with Gasteiger partial charge in [0, 0.05) is 5.88 Å². The van der Waals surface area contributed by atoms with Gasteiger partial charge in [0.2, 0.25) is 0 Å². The molecule has 0 radical (unpaired) electrons. The molecule has 1 nitrogen and oxygen atoms in total. The minimum Gasteiger partial charge on any atom is -0.494 e. The summed E-state index contributed by atoms with van der Waals surface area (Å²) in [5.41, 5.74) is 1.27. The molecular weight excluding hydrogens is 232 g/mol. The Morgan fingerprint density at radius 3 is 2.12 bits per heavy atom. The summed E-state index contributed by atoms with van der Waals surface area (Å²) >= 11 is 5.59. The Labute approximate surface area is 111 Å². The molecule has 0 amide bonds. The van der Waals surface area contributed by atoms with Crippen LogP contribution in [-0.4, -0.2) is 12.5 Å². The second kappa shape index (κ2) is 11.8. The van der Waals surface area contributed by atoms with Crippen molar-refractivity contribution in [3.8, 4) is 5.75 Å². The third-order valence-corrected chi connectivity index (χ3v) is 2.58. The van der Waals surface area contributed by atoms with Gasteiger partial charge in [0.25, 0.3) is 0 Å². The fourth-order valence-electron chi connectivity index (χ4n) is 1.37. The lowest BCUT2D eigenvalue weighted by Gasteiger charge is -2.05. The van der Waals surface area contributed by atoms with Crippen LogP contribution < -0.4 is 4.74 Å². The van der Waals surface area contributed by atoms with Crippen LogP contribution in [-0.2, 0) is 0 Å². The number of hydrogen-bond donors (Lipinski definition) is 0. The molecule has 0 fully saturated rings. The monoisotopic (exact) mass is 256 g/mol. The highest BCUT2D eigenvalue weighted by molar-refractivity contribution is 6.17. The van der Waals surface area contributed by atoms with Gasteiger partial charge in [-0.3, -0.25) is 0 Å². The molecule has 98 valence electrons. The van der Waals surface area contributed by atoms with Crippen LogP contribution in [0.4, 0.5) is 0 Å². The van der Waals surface area contributed by atoms with Crippen molar-refractivity contribution >= 4 is 11.6 Å². The molecule has 1 rings (SSSR count). The number of rotatable bonds is 7. The first-order valence-electron chi connectivity index (χ1n) is 6.58. The average Bonchev–Trinajstić information content (AvgIpc) is 2.38. The van der Waals surface area contributed by atoms with E-state index in [4.69, 9.17) is 16.3 Å². The Morgan fingerprint density at radius 1 is 0.941 bits per heavy atom. The lowest BCUT2D eigenvalue weighted by Crippen LogP contribution is -1.97. The van der Waals surface area contributed by atoms with E-state index in [9.17, 15) is 0 Å². The highest BCUT2D eigenvalue weighted by Gasteiger charge is 1.93. The third-order valence-electron chi connectivity index (χ3n) is 2.32. The van der Waals surface area contributed by atoms with Crippen LogP contribution in [0.3, 0.4) is 0 Å². The number of hydrogen-bond acceptors (Lipinski definition) is 1. The lowest BCUT2D eigenvalue weighted by atomic mass is 10.2. The van der Waals surface area contributed by atoms with Crippen molar-refractivity contribution in [3.05, 3.63) is 29.8 Å². The number of aryl methyl sites for hydroxylation is 1. The van der Waals surface area contributed by atoms with Crippen LogP contribution in [0.1, 0.15) is 45.1 Å². The number of ether oxygens (including phenoxy) is 1. The first-order valence-corrected chi connectivity index (χ1v) is 7.12. The summed E-state index contributed by atoms with van der Waals surface area (Å²) in [5.74, 6) is 1.75. The molecule has 17 heavy (non-hydrogen) atoms. The van der Waals surface area contributed by atoms with Crippen LogP contribution in [0.5, 0.6) is 5.75 Å². The number of benzene rings is 1. The topological polar surface area (TPSA) is 9.23 Å². The molecule has 0 unspecified atom stereocenters. The summed E-state index contributed by atoms with van der Waals surface area (Å²) < 4.78 is 5.61. The fraction of sp³-hybridized carbons (Fsp3) is 0.600. The highest BCUT2D eigenvalue weighted by Crippen LogP contribution is 2.12. The molecule has 0 aromatic heterocycles. The molecule has 1 aromatic rings. The van der Waals surface area contributed by atoms with Gasteiger partial charge < -0.3 is 4.74 Å². The fourth-order valence-corrected chi connectivity index (χ4v) is 1.56. The molecule has 1 aromatic carbocycles. The van der Waals surface area contributed by atoms with Crippen LogP contribution in [0.2, 0.25) is 0 Å². The molecule has 0 aliphatic carbocycles. The maximum Gasteiger partial charge on any atom is 0.119 e. The SMILES string of the molecule is CC.Cc1ccc(OCCCCCCCl)cc1. The molecular formula is C15H25ClO. The van der Waals surface area contributed by atoms with Crippen molar-refractivity contribution in [2.45, 2.75) is 46.5 Å². The Hall–Kier alpha value is -0.690. The van der Waals surface area contributed by atoms with E-state index in [1.165, 1.54) is 18.4 Å². The molecule has 0 saturated carbocycles. The zero-order valence-corrected chi connectivity index (χ0v) is 12.1. The van der Waals surface area contributed by atoms with Gasteiger partial charge in [-0.2, -0.15) is 0 Å². The number of unbranched alkanes of at least 4 members (excludes halogenated alkanes) is 3. The van der Waals surface area contributed by atoms with Crippen LogP contribution in [0.25, 0.3) is 0 Å². The first-order chi connectivity index (χ1) is 8.33. The Kier molecular flexibility index (Phi) is 11.3. The van der Waals surface area contributed by atoms with E-state index in [1.54, 1.807) is 0 Å². The largest absolute Gasteiger partial charge is 0.494 e. The zero-order valence-electron chi connectivity index (χ0n) is 11.3. The summed E-state index contributed by atoms with van der Waals surface area (Å²) in [6.07, 6.45) is 4.65. The molecule has 0 aliphatic rings. The van der Waals surface area contributed by atoms with Crippen molar-refractivity contribution in [1.29, 1.82) is 0 Å². The summed E-state index contributed by atoms with van der Waals surface area (Å²) in [6, 6.07) is 8.19. The van der Waals surface area contributed by atoms with Crippen LogP contribution >= 0.6 is 11.6 Å². The molecule has 0 spiro atoms. The smallest absolute Gasteiger partial charge is 0.119 e. The van der Waals surface area contributed by atoms with E-state index in [1.807, 2.05) is 26.0 Å². The number of alkyl halides is 1. The van der Waals surface area contributed by atoms with Crippen LogP contribution in [0, 0.1) is 6.92 Å². The normalized spacial score (nSPS) is 9.41. The average molecular weight is 257 g/mol. The zero-order chi connectivity index (χ0) is 12.9. The summed E-state index contributed by atoms with van der Waals surface area (Å²) in [7, 11) is 0. The van der Waals surface area contributed by atoms with Gasteiger partial charge in [0.1, 0.15) is 5.75 Å². The van der Waals surface area contributed by atoms with Gasteiger partial charge in [0.15, 0.2) is 0 Å². The van der Waals surface area contributed by atoms with E-state index in [0.29, 0.717) is 0 Å². The standard InChI is InChI=1S/C13H19ClO.C2H6/c1-12-6-8-13(9-7-12)15-11-5-3-2-4-10-14;1-2/h6-9H,2-5,10-11H2,1H3;1-2H3. The number of halogens is 1. The van der Waals surface area contributed by atoms with E-state index in [2.05, 4.69) is 19.1 Å². The highest BCUT2D eigenvalue weighted by atomic mass is 35.5. The third kappa shape index (κ3) is 9.05. The van der Waals surface area contributed by atoms with Gasteiger partial charge >= 0.3 is 0 Å². The van der Waals surface area contributed by atoms with Gasteiger partial charge in [-0.15, -0.1) is 11.6 Å². The van der Waals surface area contributed by atoms with Crippen molar-refractivity contribution in [1.82, 2.24) is 0 Å². The summed E-state index contributed by atoms with van der Waals surface area (Å²) in [6.45, 7) is 6.89. The van der Waals surface area contributed by atoms with E-state index in [-0.39, 0.29) is 0 Å². The van der Waals surface area contributed by atoms with Crippen molar-refractivity contribution in [2.24, 2.45) is 0 Å². The summed E-state index contributed by atoms with van der Waals surface area (Å²) in [5, 5.41) is 0. The Morgan fingerprint density at radius 2 is 1.53 bits per heavy atom. The van der Waals surface area contributed by atoms with Crippen molar-refractivity contribution in [2.75, 3.05) is 12.5 Å². The molecule has 2 heteroatoms. The van der Waals surface area contributed by atoms with Crippen LogP contribution in [0.15, 0.2) is 24.3 Å². The van der Waals surface area contributed by atoms with E-state index >= 15 is 0 Å². The predicted octanol–water partition coefficient (Wildman–Crippen LogP) is 5.20.